The summed E-state index contributed by atoms with van der Waals surface area (Å²) in [6.07, 6.45) is 14.5. The Labute approximate surface area is 220 Å². The molecule has 4 rings (SSSR count). The van der Waals surface area contributed by atoms with Gasteiger partial charge in [0, 0.05) is 6.10 Å². The molecule has 35 heavy (non-hydrogen) atoms. The van der Waals surface area contributed by atoms with Crippen molar-refractivity contribution in [1.29, 1.82) is 0 Å². The summed E-state index contributed by atoms with van der Waals surface area (Å²) in [5.41, 5.74) is 2.69. The third-order valence-electron chi connectivity index (χ3n) is 11.0. The molecule has 4 aliphatic rings. The van der Waals surface area contributed by atoms with Crippen LogP contribution in [-0.4, -0.2) is 28.8 Å². The lowest BCUT2D eigenvalue weighted by Gasteiger charge is -2.59. The maximum absolute atomic E-state index is 6.86. The minimum atomic E-state index is -1.56. The summed E-state index contributed by atoms with van der Waals surface area (Å²) in [5.74, 6) is 4.76. The Bertz CT molecular complexity index is 793. The van der Waals surface area contributed by atoms with Crippen molar-refractivity contribution >= 4 is 16.6 Å². The smallest absolute Gasteiger partial charge is 0.184 e. The van der Waals surface area contributed by atoms with Crippen molar-refractivity contribution in [2.75, 3.05) is 0 Å². The summed E-state index contributed by atoms with van der Waals surface area (Å²) >= 11 is 0. The van der Waals surface area contributed by atoms with Crippen molar-refractivity contribution in [2.24, 2.45) is 46.3 Å². The Balaban J connectivity index is 1.53. The molecule has 0 N–H and O–H groups in total. The standard InChI is InChI=1S/C31H58O2Si2/c1-21(2)29(33-35(9,10)11)22(3)26-14-15-27-25-13-12-23-20-24(32-34(6,7)8)16-18-30(23,4)28(25)17-19-31(26,27)5/h12,21-22,24-29H,13-20H2,1-11H3/t22-,24+,25?,26?,27?,28?,29?,30?,31?/m1/s1. The SMILES string of the molecule is CC(C)C(O[Si](C)(C)C)[C@H](C)C1CCC2C3CC=C4C[C@@H](O[Si](C)(C)C)CCC4(C)C3CCC21C. The average molecular weight is 519 g/mol. The molecule has 2 nitrogen and oxygen atoms in total. The molecule has 4 heteroatoms. The molecule has 3 fully saturated rings. The zero-order valence-corrected chi connectivity index (χ0v) is 27.2. The molecule has 9 atom stereocenters. The van der Waals surface area contributed by atoms with Crippen LogP contribution in [0.5, 0.6) is 0 Å². The van der Waals surface area contributed by atoms with Crippen LogP contribution in [0.25, 0.3) is 0 Å². The minimum Gasteiger partial charge on any atom is -0.414 e. The Morgan fingerprint density at radius 2 is 1.54 bits per heavy atom. The van der Waals surface area contributed by atoms with E-state index in [1.165, 1.54) is 51.4 Å². The second-order valence-electron chi connectivity index (χ2n) is 15.9. The van der Waals surface area contributed by atoms with Gasteiger partial charge in [-0.3, -0.25) is 0 Å². The molecule has 202 valence electrons. The van der Waals surface area contributed by atoms with Crippen LogP contribution in [-0.2, 0) is 8.85 Å². The van der Waals surface area contributed by atoms with Crippen LogP contribution in [0.15, 0.2) is 11.6 Å². The van der Waals surface area contributed by atoms with E-state index in [1.807, 2.05) is 0 Å². The van der Waals surface area contributed by atoms with Gasteiger partial charge in [0.2, 0.25) is 0 Å². The normalized spacial score (nSPS) is 41.6. The summed E-state index contributed by atoms with van der Waals surface area (Å²) in [6.45, 7) is 26.9. The topological polar surface area (TPSA) is 18.5 Å². The van der Waals surface area contributed by atoms with E-state index < -0.39 is 16.6 Å². The fraction of sp³-hybridized carbons (Fsp3) is 0.935. The van der Waals surface area contributed by atoms with Crippen molar-refractivity contribution in [3.05, 3.63) is 11.6 Å². The van der Waals surface area contributed by atoms with Gasteiger partial charge in [0.1, 0.15) is 0 Å². The van der Waals surface area contributed by atoms with E-state index >= 15 is 0 Å². The molecule has 7 unspecified atom stereocenters. The van der Waals surface area contributed by atoms with Gasteiger partial charge in [-0.25, -0.2) is 0 Å². The van der Waals surface area contributed by atoms with Crippen molar-refractivity contribution in [3.8, 4) is 0 Å². The molecule has 4 aliphatic carbocycles. The van der Waals surface area contributed by atoms with Crippen LogP contribution in [0.2, 0.25) is 39.3 Å². The maximum atomic E-state index is 6.86. The third-order valence-corrected chi connectivity index (χ3v) is 13.0. The zero-order chi connectivity index (χ0) is 26.0. The van der Waals surface area contributed by atoms with E-state index in [0.29, 0.717) is 34.9 Å². The van der Waals surface area contributed by atoms with E-state index in [-0.39, 0.29) is 0 Å². The minimum absolute atomic E-state index is 0.414. The molecule has 0 aromatic rings. The highest BCUT2D eigenvalue weighted by Gasteiger charge is 2.60. The molecular formula is C31H58O2Si2. The zero-order valence-electron chi connectivity index (χ0n) is 25.2. The van der Waals surface area contributed by atoms with Gasteiger partial charge < -0.3 is 8.85 Å². The Kier molecular flexibility index (Phi) is 7.78. The van der Waals surface area contributed by atoms with Crippen LogP contribution in [0, 0.1) is 46.3 Å². The monoisotopic (exact) mass is 518 g/mol. The highest BCUT2D eigenvalue weighted by Crippen LogP contribution is 2.67. The first-order valence-corrected chi connectivity index (χ1v) is 21.9. The lowest BCUT2D eigenvalue weighted by atomic mass is 9.47. The Morgan fingerprint density at radius 1 is 0.857 bits per heavy atom. The van der Waals surface area contributed by atoms with E-state index in [1.54, 1.807) is 5.57 Å². The van der Waals surface area contributed by atoms with E-state index in [0.717, 1.165) is 23.7 Å². The second-order valence-corrected chi connectivity index (χ2v) is 24.8. The first-order valence-electron chi connectivity index (χ1n) is 15.1. The van der Waals surface area contributed by atoms with E-state index in [4.69, 9.17) is 8.85 Å². The van der Waals surface area contributed by atoms with Gasteiger partial charge in [-0.05, 0) is 137 Å². The summed E-state index contributed by atoms with van der Waals surface area (Å²) in [6, 6.07) is 0. The fourth-order valence-corrected chi connectivity index (χ4v) is 12.1. The number of hydrogen-bond acceptors (Lipinski definition) is 2. The van der Waals surface area contributed by atoms with Crippen molar-refractivity contribution in [3.63, 3.8) is 0 Å². The van der Waals surface area contributed by atoms with E-state index in [9.17, 15) is 0 Å². The average Bonchev–Trinajstić information content (AvgIpc) is 3.07. The molecular weight excluding hydrogens is 461 g/mol. The van der Waals surface area contributed by atoms with Gasteiger partial charge >= 0.3 is 0 Å². The van der Waals surface area contributed by atoms with Crippen LogP contribution in [0.1, 0.15) is 86.0 Å². The summed E-state index contributed by atoms with van der Waals surface area (Å²) in [4.78, 5) is 0. The highest BCUT2D eigenvalue weighted by molar-refractivity contribution is 6.70. The Hall–Kier alpha value is 0.0938. The van der Waals surface area contributed by atoms with Gasteiger partial charge in [0.05, 0.1) is 6.10 Å². The van der Waals surface area contributed by atoms with Crippen LogP contribution < -0.4 is 0 Å². The molecule has 0 radical (unpaired) electrons. The molecule has 0 spiro atoms. The van der Waals surface area contributed by atoms with Gasteiger partial charge in [-0.15, -0.1) is 0 Å². The third kappa shape index (κ3) is 5.47. The number of rotatable bonds is 7. The lowest BCUT2D eigenvalue weighted by Crippen LogP contribution is -2.52. The first-order chi connectivity index (χ1) is 16.1. The lowest BCUT2D eigenvalue weighted by molar-refractivity contribution is -0.0686. The molecule has 0 amide bonds. The molecule has 0 aliphatic heterocycles. The van der Waals surface area contributed by atoms with Gasteiger partial charge in [-0.1, -0.05) is 46.3 Å². The van der Waals surface area contributed by atoms with Gasteiger partial charge in [-0.2, -0.15) is 0 Å². The van der Waals surface area contributed by atoms with E-state index in [2.05, 4.69) is 80.0 Å². The van der Waals surface area contributed by atoms with Crippen molar-refractivity contribution in [2.45, 2.75) is 137 Å². The molecule has 0 aromatic carbocycles. The predicted molar refractivity (Wildman–Crippen MR) is 156 cm³/mol. The highest BCUT2D eigenvalue weighted by atomic mass is 28.4. The molecule has 0 saturated heterocycles. The largest absolute Gasteiger partial charge is 0.414 e. The van der Waals surface area contributed by atoms with Crippen LogP contribution in [0.3, 0.4) is 0 Å². The predicted octanol–water partition coefficient (Wildman–Crippen LogP) is 9.30. The van der Waals surface area contributed by atoms with Crippen LogP contribution in [0.4, 0.5) is 0 Å². The van der Waals surface area contributed by atoms with Gasteiger partial charge in [0.25, 0.3) is 0 Å². The number of allylic oxidation sites excluding steroid dienone is 1. The Morgan fingerprint density at radius 3 is 2.14 bits per heavy atom. The van der Waals surface area contributed by atoms with Crippen LogP contribution >= 0.6 is 0 Å². The fourth-order valence-electron chi connectivity index (χ4n) is 9.62. The molecule has 0 heterocycles. The first kappa shape index (κ1) is 28.1. The van der Waals surface area contributed by atoms with Gasteiger partial charge in [0.15, 0.2) is 16.6 Å². The summed E-state index contributed by atoms with van der Waals surface area (Å²) in [5, 5.41) is 0. The maximum Gasteiger partial charge on any atom is 0.184 e. The molecule has 0 bridgehead atoms. The number of hydrogen-bond donors (Lipinski definition) is 0. The number of fused-ring (bicyclic) bond motifs is 5. The summed E-state index contributed by atoms with van der Waals surface area (Å²) in [7, 11) is -3.03. The molecule has 0 aromatic heterocycles. The van der Waals surface area contributed by atoms with Crippen molar-refractivity contribution in [1.82, 2.24) is 0 Å². The second kappa shape index (κ2) is 9.68. The van der Waals surface area contributed by atoms with Crippen molar-refractivity contribution < 1.29 is 8.85 Å². The summed E-state index contributed by atoms with van der Waals surface area (Å²) < 4.78 is 13.5. The quantitative estimate of drug-likeness (QED) is 0.247. The molecule has 3 saturated carbocycles.